The van der Waals surface area contributed by atoms with Crippen LogP contribution in [0.5, 0.6) is 0 Å². The number of carbonyl (C=O) groups excluding carboxylic acids is 3. The molecule has 5 aromatic rings. The number of nitrogens with zero attached hydrogens (tertiary/aromatic N) is 9. The minimum Gasteiger partial charge on any atom is -0.374 e. The number of anilines is 2. The highest BCUT2D eigenvalue weighted by Gasteiger charge is 2.40. The highest BCUT2D eigenvalue weighted by molar-refractivity contribution is 6.08. The van der Waals surface area contributed by atoms with Gasteiger partial charge in [0.2, 0.25) is 11.8 Å². The third-order valence-electron chi connectivity index (χ3n) is 13.2. The number of carbonyl (C=O) groups is 3. The Hall–Kier alpha value is -5.97. The lowest BCUT2D eigenvalue weighted by atomic mass is 9.86. The van der Waals surface area contributed by atoms with Gasteiger partial charge in [-0.15, -0.1) is 0 Å². The van der Waals surface area contributed by atoms with Crippen molar-refractivity contribution in [2.45, 2.75) is 88.1 Å². The molecule has 4 aromatic heterocycles. The van der Waals surface area contributed by atoms with Crippen LogP contribution >= 0.6 is 0 Å². The molecule has 0 spiro atoms. The molecule has 5 aliphatic rings. The lowest BCUT2D eigenvalue weighted by Crippen LogP contribution is -2.44. The van der Waals surface area contributed by atoms with Gasteiger partial charge in [-0.05, 0) is 69.1 Å². The summed E-state index contributed by atoms with van der Waals surface area (Å²) in [7, 11) is 1.65. The summed E-state index contributed by atoms with van der Waals surface area (Å²) in [5.74, 6) is 6.05. The van der Waals surface area contributed by atoms with Crippen LogP contribution in [0.15, 0.2) is 47.7 Å². The fourth-order valence-electron chi connectivity index (χ4n) is 10.0. The summed E-state index contributed by atoms with van der Waals surface area (Å²) >= 11 is 0. The molecule has 5 fully saturated rings. The summed E-state index contributed by atoms with van der Waals surface area (Å²) in [6.07, 6.45) is 7.68. The molecule has 4 aliphatic heterocycles. The molecule has 10 rings (SSSR count). The van der Waals surface area contributed by atoms with Gasteiger partial charge in [-0.25, -0.2) is 23.1 Å². The van der Waals surface area contributed by atoms with Crippen LogP contribution in [0.2, 0.25) is 0 Å². The molecule has 62 heavy (non-hydrogen) atoms. The maximum atomic E-state index is 14.3. The van der Waals surface area contributed by atoms with E-state index in [4.69, 9.17) is 14.5 Å². The van der Waals surface area contributed by atoms with E-state index in [1.807, 2.05) is 12.1 Å². The third-order valence-corrected chi connectivity index (χ3v) is 13.2. The van der Waals surface area contributed by atoms with Gasteiger partial charge in [0.25, 0.3) is 12.3 Å². The predicted molar refractivity (Wildman–Crippen MR) is 221 cm³/mol. The summed E-state index contributed by atoms with van der Waals surface area (Å²) in [4.78, 5) is 60.4. The van der Waals surface area contributed by atoms with Gasteiger partial charge in [-0.1, -0.05) is 17.9 Å². The fraction of sp³-hybridized carbons (Fsp3) is 0.512. The number of imide groups is 1. The van der Waals surface area contributed by atoms with E-state index in [0.29, 0.717) is 34.8 Å². The second-order valence-electron chi connectivity index (χ2n) is 17.1. The second kappa shape index (κ2) is 16.4. The minimum absolute atomic E-state index is 0.0176. The van der Waals surface area contributed by atoms with Gasteiger partial charge in [0.05, 0.1) is 59.4 Å². The van der Waals surface area contributed by atoms with Gasteiger partial charge in [0.1, 0.15) is 24.0 Å². The molecule has 0 radical (unpaired) electrons. The summed E-state index contributed by atoms with van der Waals surface area (Å²) in [6, 6.07) is 6.69. The van der Waals surface area contributed by atoms with Crippen molar-refractivity contribution < 1.29 is 32.6 Å². The number of amides is 3. The van der Waals surface area contributed by atoms with E-state index in [1.54, 1.807) is 30.1 Å². The van der Waals surface area contributed by atoms with Gasteiger partial charge < -0.3 is 24.6 Å². The van der Waals surface area contributed by atoms with Crippen molar-refractivity contribution >= 4 is 45.9 Å². The van der Waals surface area contributed by atoms with Crippen molar-refractivity contribution in [3.8, 4) is 11.8 Å². The topological polar surface area (TPSA) is 175 Å². The molecule has 4 atom stereocenters. The average molecular weight is 852 g/mol. The van der Waals surface area contributed by atoms with Gasteiger partial charge in [0, 0.05) is 52.0 Å². The number of halogens is 2. The van der Waals surface area contributed by atoms with Crippen LogP contribution in [-0.2, 0) is 26.1 Å². The van der Waals surface area contributed by atoms with Gasteiger partial charge in [0.15, 0.2) is 11.3 Å². The van der Waals surface area contributed by atoms with E-state index in [2.05, 4.69) is 42.5 Å². The van der Waals surface area contributed by atoms with Crippen molar-refractivity contribution in [2.75, 3.05) is 49.6 Å². The number of fused-ring (bicyclic) bond motifs is 4. The molecule has 2 bridgehead atoms. The van der Waals surface area contributed by atoms with Crippen molar-refractivity contribution in [1.82, 2.24) is 43.7 Å². The number of hydrogen-bond acceptors (Lipinski definition) is 11. The number of likely N-dealkylation sites (tertiary alicyclic amines) is 1. The lowest BCUT2D eigenvalue weighted by molar-refractivity contribution is -0.135. The Morgan fingerprint density at radius 1 is 1.08 bits per heavy atom. The highest BCUT2D eigenvalue weighted by atomic mass is 19.3. The Bertz CT molecular complexity index is 2690. The van der Waals surface area contributed by atoms with E-state index in [0.717, 1.165) is 70.5 Å². The first-order valence-corrected chi connectivity index (χ1v) is 21.4. The van der Waals surface area contributed by atoms with E-state index < -0.39 is 30.0 Å². The maximum Gasteiger partial charge on any atom is 0.329 e. The SMILES string of the molecule is Cn1c(=O)n(C2CCC(=O)NC2=O)c2cccc(C#CCO[C@@H]3CCN(C[C@H]4CC[C@H](n5cc(NC(=O)c6cnn7ccc(N8C[C@H]9C[C@@H]8CO9)nc67)c(C(F)F)n5)CC4)C3)c21. The normalized spacial score (nSPS) is 25.3. The molecule has 4 saturated heterocycles. The first-order valence-electron chi connectivity index (χ1n) is 21.4. The summed E-state index contributed by atoms with van der Waals surface area (Å²) in [6.45, 7) is 4.21. The molecule has 324 valence electrons. The molecule has 3 amide bonds. The van der Waals surface area contributed by atoms with E-state index in [-0.39, 0.29) is 66.6 Å². The van der Waals surface area contributed by atoms with Crippen LogP contribution in [0, 0.1) is 17.8 Å². The number of hydrogen-bond donors (Lipinski definition) is 2. The Morgan fingerprint density at radius 2 is 1.94 bits per heavy atom. The van der Waals surface area contributed by atoms with Gasteiger partial charge in [-0.2, -0.15) is 10.2 Å². The lowest BCUT2D eigenvalue weighted by Gasteiger charge is -2.31. The summed E-state index contributed by atoms with van der Waals surface area (Å²) in [5.41, 5.74) is 1.57. The zero-order valence-corrected chi connectivity index (χ0v) is 34.2. The molecule has 1 aromatic carbocycles. The molecule has 2 N–H and O–H groups in total. The predicted octanol–water partition coefficient (Wildman–Crippen LogP) is 3.60. The third kappa shape index (κ3) is 7.53. The van der Waals surface area contributed by atoms with E-state index in [9.17, 15) is 28.0 Å². The number of alkyl halides is 2. The van der Waals surface area contributed by atoms with Crippen molar-refractivity contribution in [3.63, 3.8) is 0 Å². The van der Waals surface area contributed by atoms with Crippen LogP contribution in [-0.4, -0.2) is 114 Å². The number of piperidine rings is 1. The monoisotopic (exact) mass is 851 g/mol. The van der Waals surface area contributed by atoms with Crippen LogP contribution in [0.3, 0.4) is 0 Å². The Labute approximate surface area is 354 Å². The standard InChI is InChI=1S/C43H47F2N11O6/c1-51-38-26(4-2-6-33(38)56(43(51)60)34-11-12-36(57)49-42(34)59)5-3-17-61-29-13-15-52(21-29)20-25-7-9-27(10-8-25)55-23-32(37(50-55)39(44)45)47-41(58)31-19-46-54-16-14-35(48-40(31)54)53-22-30-18-28(53)24-62-30/h2,4,6,14,16,19,23,25,27-30,34,39H,7-13,15,17-18,20-22,24H2,1H3,(H,47,58)(H,49,57,59)/t25-,27-,28-,29-,30-,34?/m1/s1. The maximum absolute atomic E-state index is 14.3. The first-order chi connectivity index (χ1) is 30.1. The minimum atomic E-state index is -2.87. The van der Waals surface area contributed by atoms with Gasteiger partial charge in [-0.3, -0.25) is 33.5 Å². The summed E-state index contributed by atoms with van der Waals surface area (Å²) < 4.78 is 46.5. The van der Waals surface area contributed by atoms with Crippen LogP contribution in [0.1, 0.15) is 91.5 Å². The number of aromatic nitrogens is 7. The number of aryl methyl sites for hydroxylation is 1. The molecule has 1 unspecified atom stereocenters. The zero-order chi connectivity index (χ0) is 42.6. The zero-order valence-electron chi connectivity index (χ0n) is 34.2. The van der Waals surface area contributed by atoms with Gasteiger partial charge >= 0.3 is 5.69 Å². The Kier molecular flexibility index (Phi) is 10.6. The molecule has 1 saturated carbocycles. The number of rotatable bonds is 10. The number of benzene rings is 1. The molecular weight excluding hydrogens is 805 g/mol. The van der Waals surface area contributed by atoms with E-state index >= 15 is 0 Å². The fourth-order valence-corrected chi connectivity index (χ4v) is 10.0. The molecule has 8 heterocycles. The molecule has 1 aliphatic carbocycles. The molecule has 17 nitrogen and oxygen atoms in total. The van der Waals surface area contributed by atoms with Crippen LogP contribution in [0.4, 0.5) is 20.3 Å². The average Bonchev–Trinajstić information content (AvgIpc) is 4.14. The van der Waals surface area contributed by atoms with Crippen molar-refractivity contribution in [1.29, 1.82) is 0 Å². The number of imidazole rings is 1. The van der Waals surface area contributed by atoms with Crippen molar-refractivity contribution in [2.24, 2.45) is 13.0 Å². The largest absolute Gasteiger partial charge is 0.374 e. The Balaban J connectivity index is 0.717. The second-order valence-corrected chi connectivity index (χ2v) is 17.1. The van der Waals surface area contributed by atoms with Crippen LogP contribution < -0.4 is 21.2 Å². The number of nitrogens with one attached hydrogen (secondary N) is 2. The quantitative estimate of drug-likeness (QED) is 0.155. The summed E-state index contributed by atoms with van der Waals surface area (Å²) in [5, 5.41) is 13.6. The molecule has 19 heteroatoms. The number of ether oxygens (including phenoxy) is 2. The number of morpholine rings is 1. The smallest absolute Gasteiger partial charge is 0.329 e. The number of para-hydroxylation sites is 1. The van der Waals surface area contributed by atoms with Crippen LogP contribution in [0.25, 0.3) is 16.7 Å². The first kappa shape index (κ1) is 40.1. The molecular formula is C43H47F2N11O6. The van der Waals surface area contributed by atoms with E-state index in [1.165, 1.54) is 26.0 Å². The Morgan fingerprint density at radius 3 is 2.71 bits per heavy atom. The highest BCUT2D eigenvalue weighted by Crippen LogP contribution is 2.36. The van der Waals surface area contributed by atoms with Crippen molar-refractivity contribution in [3.05, 3.63) is 70.2 Å².